The zero-order valence-electron chi connectivity index (χ0n) is 12.3. The smallest absolute Gasteiger partial charge is 0.369 e. The molecule has 0 aliphatic carbocycles. The summed E-state index contributed by atoms with van der Waals surface area (Å²) in [6.07, 6.45) is -4.87. The van der Waals surface area contributed by atoms with Gasteiger partial charge in [0.25, 0.3) is 5.69 Å². The van der Waals surface area contributed by atoms with Crippen LogP contribution < -0.4 is 4.90 Å². The SMILES string of the molecule is O=[N+]([O-])c1cc(C(F)(F)F)ccc1N1CCOC(c2cccs2)C1. The van der Waals surface area contributed by atoms with Crippen LogP contribution in [-0.2, 0) is 10.9 Å². The number of nitro benzene ring substituents is 1. The molecule has 24 heavy (non-hydrogen) atoms. The van der Waals surface area contributed by atoms with Crippen molar-refractivity contribution in [2.75, 3.05) is 24.6 Å². The summed E-state index contributed by atoms with van der Waals surface area (Å²) >= 11 is 1.51. The van der Waals surface area contributed by atoms with E-state index in [1.165, 1.54) is 11.3 Å². The van der Waals surface area contributed by atoms with Gasteiger partial charge in [0.1, 0.15) is 11.8 Å². The minimum atomic E-state index is -4.62. The topological polar surface area (TPSA) is 55.6 Å². The Hall–Kier alpha value is -2.13. The van der Waals surface area contributed by atoms with E-state index in [2.05, 4.69) is 0 Å². The zero-order chi connectivity index (χ0) is 17.3. The molecule has 0 saturated carbocycles. The first-order valence-electron chi connectivity index (χ1n) is 7.12. The Balaban J connectivity index is 1.92. The second-order valence-electron chi connectivity index (χ2n) is 5.28. The normalized spacial score (nSPS) is 18.6. The van der Waals surface area contributed by atoms with Gasteiger partial charge in [0.15, 0.2) is 0 Å². The van der Waals surface area contributed by atoms with Crippen LogP contribution in [0.5, 0.6) is 0 Å². The Morgan fingerprint density at radius 1 is 1.33 bits per heavy atom. The van der Waals surface area contributed by atoms with Gasteiger partial charge in [-0.2, -0.15) is 13.2 Å². The molecular weight excluding hydrogens is 345 g/mol. The van der Waals surface area contributed by atoms with Gasteiger partial charge in [-0.25, -0.2) is 0 Å². The summed E-state index contributed by atoms with van der Waals surface area (Å²) in [5.74, 6) is 0. The number of benzene rings is 1. The van der Waals surface area contributed by atoms with Crippen molar-refractivity contribution in [3.8, 4) is 0 Å². The number of morpholine rings is 1. The predicted molar refractivity (Wildman–Crippen MR) is 83.3 cm³/mol. The Morgan fingerprint density at radius 3 is 2.75 bits per heavy atom. The van der Waals surface area contributed by atoms with Crippen molar-refractivity contribution in [3.63, 3.8) is 0 Å². The van der Waals surface area contributed by atoms with E-state index in [9.17, 15) is 23.3 Å². The quantitative estimate of drug-likeness (QED) is 0.608. The van der Waals surface area contributed by atoms with Crippen molar-refractivity contribution < 1.29 is 22.8 Å². The number of hydrogen-bond donors (Lipinski definition) is 0. The molecule has 128 valence electrons. The van der Waals surface area contributed by atoms with Crippen molar-refractivity contribution in [2.24, 2.45) is 0 Å². The molecule has 1 aliphatic heterocycles. The second-order valence-corrected chi connectivity index (χ2v) is 6.26. The van der Waals surface area contributed by atoms with E-state index in [0.29, 0.717) is 25.8 Å². The molecule has 2 aromatic rings. The van der Waals surface area contributed by atoms with Gasteiger partial charge in [-0.1, -0.05) is 6.07 Å². The Labute approximate surface area is 139 Å². The van der Waals surface area contributed by atoms with E-state index in [-0.39, 0.29) is 11.8 Å². The highest BCUT2D eigenvalue weighted by Gasteiger charge is 2.34. The molecule has 1 aliphatic rings. The van der Waals surface area contributed by atoms with Gasteiger partial charge >= 0.3 is 6.18 Å². The standard InChI is InChI=1S/C15H13F3N2O3S/c16-15(17,18)10-3-4-11(12(8-10)20(21)22)19-5-6-23-13(9-19)14-2-1-7-24-14/h1-4,7-8,13H,5-6,9H2. The average Bonchev–Trinajstić information content (AvgIpc) is 3.08. The molecule has 1 aromatic heterocycles. The minimum Gasteiger partial charge on any atom is -0.369 e. The van der Waals surface area contributed by atoms with Crippen molar-refractivity contribution in [3.05, 3.63) is 56.3 Å². The van der Waals surface area contributed by atoms with E-state index in [0.717, 1.165) is 17.0 Å². The summed E-state index contributed by atoms with van der Waals surface area (Å²) in [7, 11) is 0. The van der Waals surface area contributed by atoms with Crippen LogP contribution in [0, 0.1) is 10.1 Å². The second kappa shape index (κ2) is 6.40. The molecule has 0 bridgehead atoms. The van der Waals surface area contributed by atoms with Crippen molar-refractivity contribution in [2.45, 2.75) is 12.3 Å². The lowest BCUT2D eigenvalue weighted by Crippen LogP contribution is -2.38. The third-order valence-corrected chi connectivity index (χ3v) is 4.73. The molecule has 1 aromatic carbocycles. The lowest BCUT2D eigenvalue weighted by atomic mass is 10.1. The van der Waals surface area contributed by atoms with Crippen molar-refractivity contribution in [1.29, 1.82) is 0 Å². The molecule has 1 fully saturated rings. The highest BCUT2D eigenvalue weighted by atomic mass is 32.1. The monoisotopic (exact) mass is 358 g/mol. The van der Waals surface area contributed by atoms with Gasteiger partial charge in [0.05, 0.1) is 17.1 Å². The number of anilines is 1. The van der Waals surface area contributed by atoms with Crippen LogP contribution in [0.2, 0.25) is 0 Å². The van der Waals surface area contributed by atoms with E-state index in [1.54, 1.807) is 4.90 Å². The lowest BCUT2D eigenvalue weighted by molar-refractivity contribution is -0.384. The minimum absolute atomic E-state index is 0.179. The molecule has 3 rings (SSSR count). The van der Waals surface area contributed by atoms with Gasteiger partial charge in [0.2, 0.25) is 0 Å². The van der Waals surface area contributed by atoms with Crippen molar-refractivity contribution in [1.82, 2.24) is 0 Å². The molecule has 0 spiro atoms. The number of thiophene rings is 1. The summed E-state index contributed by atoms with van der Waals surface area (Å²) in [6, 6.07) is 6.41. The molecule has 1 atom stereocenters. The van der Waals surface area contributed by atoms with Crippen LogP contribution in [-0.4, -0.2) is 24.6 Å². The highest BCUT2D eigenvalue weighted by Crippen LogP contribution is 2.38. The van der Waals surface area contributed by atoms with Gasteiger partial charge < -0.3 is 9.64 Å². The molecule has 5 nitrogen and oxygen atoms in total. The van der Waals surface area contributed by atoms with E-state index in [1.807, 2.05) is 17.5 Å². The number of nitrogens with zero attached hydrogens (tertiary/aromatic N) is 2. The van der Waals surface area contributed by atoms with Crippen LogP contribution >= 0.6 is 11.3 Å². The summed E-state index contributed by atoms with van der Waals surface area (Å²) in [4.78, 5) is 13.1. The Bertz CT molecular complexity index is 734. The van der Waals surface area contributed by atoms with E-state index >= 15 is 0 Å². The maximum atomic E-state index is 12.8. The third-order valence-electron chi connectivity index (χ3n) is 3.77. The summed E-state index contributed by atoms with van der Waals surface area (Å²) in [5.41, 5.74) is -1.39. The van der Waals surface area contributed by atoms with Gasteiger partial charge in [-0.15, -0.1) is 11.3 Å². The largest absolute Gasteiger partial charge is 0.416 e. The van der Waals surface area contributed by atoms with Crippen molar-refractivity contribution >= 4 is 22.7 Å². The first-order valence-corrected chi connectivity index (χ1v) is 8.00. The molecule has 2 heterocycles. The fourth-order valence-electron chi connectivity index (χ4n) is 2.63. The fourth-order valence-corrected chi connectivity index (χ4v) is 3.39. The maximum Gasteiger partial charge on any atom is 0.416 e. The summed E-state index contributed by atoms with van der Waals surface area (Å²) in [5, 5.41) is 13.1. The molecule has 0 radical (unpaired) electrons. The maximum absolute atomic E-state index is 12.8. The fraction of sp³-hybridized carbons (Fsp3) is 0.333. The first kappa shape index (κ1) is 16.7. The van der Waals surface area contributed by atoms with E-state index < -0.39 is 22.4 Å². The molecule has 0 amide bonds. The number of rotatable bonds is 3. The average molecular weight is 358 g/mol. The molecule has 9 heteroatoms. The van der Waals surface area contributed by atoms with Crippen LogP contribution in [0.25, 0.3) is 0 Å². The van der Waals surface area contributed by atoms with E-state index in [4.69, 9.17) is 4.74 Å². The summed E-state index contributed by atoms with van der Waals surface area (Å²) in [6.45, 7) is 1.08. The zero-order valence-corrected chi connectivity index (χ0v) is 13.1. The van der Waals surface area contributed by atoms with Gasteiger partial charge in [0, 0.05) is 24.0 Å². The predicted octanol–water partition coefficient (Wildman–Crippen LogP) is 4.25. The molecule has 1 unspecified atom stereocenters. The van der Waals surface area contributed by atoms with Gasteiger partial charge in [-0.3, -0.25) is 10.1 Å². The van der Waals surface area contributed by atoms with Crippen LogP contribution in [0.15, 0.2) is 35.7 Å². The lowest BCUT2D eigenvalue weighted by Gasteiger charge is -2.33. The number of alkyl halides is 3. The number of nitro groups is 1. The summed E-state index contributed by atoms with van der Waals surface area (Å²) < 4.78 is 44.1. The molecule has 1 saturated heterocycles. The number of ether oxygens (including phenoxy) is 1. The third kappa shape index (κ3) is 3.36. The number of hydrogen-bond acceptors (Lipinski definition) is 5. The highest BCUT2D eigenvalue weighted by molar-refractivity contribution is 7.10. The van der Waals surface area contributed by atoms with Crippen LogP contribution in [0.3, 0.4) is 0 Å². The Kier molecular flexibility index (Phi) is 4.46. The molecular formula is C15H13F3N2O3S. The Morgan fingerprint density at radius 2 is 2.12 bits per heavy atom. The first-order chi connectivity index (χ1) is 11.4. The van der Waals surface area contributed by atoms with Crippen LogP contribution in [0.4, 0.5) is 24.5 Å². The van der Waals surface area contributed by atoms with Crippen LogP contribution in [0.1, 0.15) is 16.5 Å². The van der Waals surface area contributed by atoms with Gasteiger partial charge in [-0.05, 0) is 23.6 Å². The molecule has 0 N–H and O–H groups in total. The number of halogens is 3.